The summed E-state index contributed by atoms with van der Waals surface area (Å²) in [6.45, 7) is 4.04. The van der Waals surface area contributed by atoms with E-state index in [2.05, 4.69) is 5.32 Å². The van der Waals surface area contributed by atoms with Crippen LogP contribution in [-0.4, -0.2) is 55.2 Å². The molecule has 0 saturated heterocycles. The van der Waals surface area contributed by atoms with E-state index in [0.29, 0.717) is 25.4 Å². The fourth-order valence-corrected chi connectivity index (χ4v) is 1.92. The maximum absolute atomic E-state index is 11.4. The number of benzene rings is 1. The standard InChI is InChI=1S/C15H22N2O4/c1-3-8-17(11-14(18)16-2)9-10-21-13-7-5-4-6-12(13)15(19)20/h4-7H,3,8-11H2,1-2H3,(H,16,18)(H,19,20). The van der Waals surface area contributed by atoms with Gasteiger partial charge in [0.15, 0.2) is 0 Å². The Morgan fingerprint density at radius 1 is 1.29 bits per heavy atom. The number of carbonyl (C=O) groups excluding carboxylic acids is 1. The number of carbonyl (C=O) groups is 2. The van der Waals surface area contributed by atoms with E-state index in [1.807, 2.05) is 11.8 Å². The molecule has 0 saturated carbocycles. The molecule has 0 heterocycles. The number of amides is 1. The lowest BCUT2D eigenvalue weighted by Crippen LogP contribution is -2.38. The zero-order chi connectivity index (χ0) is 15.7. The Hall–Kier alpha value is -2.08. The molecule has 0 spiro atoms. The second kappa shape index (κ2) is 8.97. The van der Waals surface area contributed by atoms with Gasteiger partial charge in [0.05, 0.1) is 6.54 Å². The van der Waals surface area contributed by atoms with Crippen molar-refractivity contribution in [1.82, 2.24) is 10.2 Å². The Kier molecular flexibility index (Phi) is 7.25. The number of hydrogen-bond acceptors (Lipinski definition) is 4. The molecule has 0 aromatic heterocycles. The summed E-state index contributed by atoms with van der Waals surface area (Å²) in [5.74, 6) is -0.711. The number of carboxylic acids is 1. The van der Waals surface area contributed by atoms with Gasteiger partial charge in [0.25, 0.3) is 0 Å². The number of ether oxygens (including phenoxy) is 1. The highest BCUT2D eigenvalue weighted by Gasteiger charge is 2.12. The third-order valence-electron chi connectivity index (χ3n) is 2.97. The van der Waals surface area contributed by atoms with Crippen LogP contribution >= 0.6 is 0 Å². The van der Waals surface area contributed by atoms with Crippen molar-refractivity contribution in [2.75, 3.05) is 33.3 Å². The third-order valence-corrected chi connectivity index (χ3v) is 2.97. The van der Waals surface area contributed by atoms with Gasteiger partial charge in [0.2, 0.25) is 5.91 Å². The van der Waals surface area contributed by atoms with Gasteiger partial charge in [-0.1, -0.05) is 19.1 Å². The fraction of sp³-hybridized carbons (Fsp3) is 0.467. The number of likely N-dealkylation sites (N-methyl/N-ethyl adjacent to an activating group) is 1. The SMILES string of the molecule is CCCN(CCOc1ccccc1C(=O)O)CC(=O)NC. The molecule has 6 heteroatoms. The smallest absolute Gasteiger partial charge is 0.339 e. The van der Waals surface area contributed by atoms with E-state index < -0.39 is 5.97 Å². The van der Waals surface area contributed by atoms with Crippen molar-refractivity contribution in [3.63, 3.8) is 0 Å². The topological polar surface area (TPSA) is 78.9 Å². The number of aromatic carboxylic acids is 1. The molecule has 1 aromatic rings. The van der Waals surface area contributed by atoms with Crippen LogP contribution in [0, 0.1) is 0 Å². The van der Waals surface area contributed by atoms with Crippen molar-refractivity contribution < 1.29 is 19.4 Å². The summed E-state index contributed by atoms with van der Waals surface area (Å²) in [5.41, 5.74) is 0.144. The predicted molar refractivity (Wildman–Crippen MR) is 79.7 cm³/mol. The summed E-state index contributed by atoms with van der Waals surface area (Å²) in [6.07, 6.45) is 0.933. The van der Waals surface area contributed by atoms with Crippen molar-refractivity contribution in [2.45, 2.75) is 13.3 Å². The highest BCUT2D eigenvalue weighted by atomic mass is 16.5. The van der Waals surface area contributed by atoms with Crippen LogP contribution in [0.15, 0.2) is 24.3 Å². The molecule has 6 nitrogen and oxygen atoms in total. The molecule has 1 amide bonds. The molecule has 0 bridgehead atoms. The molecular formula is C15H22N2O4. The lowest BCUT2D eigenvalue weighted by Gasteiger charge is -2.21. The van der Waals surface area contributed by atoms with Gasteiger partial charge in [0, 0.05) is 13.6 Å². The van der Waals surface area contributed by atoms with Gasteiger partial charge in [-0.3, -0.25) is 9.69 Å². The van der Waals surface area contributed by atoms with Crippen molar-refractivity contribution >= 4 is 11.9 Å². The van der Waals surface area contributed by atoms with Crippen molar-refractivity contribution in [3.05, 3.63) is 29.8 Å². The van der Waals surface area contributed by atoms with E-state index in [1.54, 1.807) is 25.2 Å². The van der Waals surface area contributed by atoms with Crippen LogP contribution in [0.3, 0.4) is 0 Å². The van der Waals surface area contributed by atoms with Gasteiger partial charge < -0.3 is 15.2 Å². The summed E-state index contributed by atoms with van der Waals surface area (Å²) in [6, 6.07) is 6.53. The van der Waals surface area contributed by atoms with Crippen LogP contribution in [-0.2, 0) is 4.79 Å². The van der Waals surface area contributed by atoms with Crippen LogP contribution in [0.4, 0.5) is 0 Å². The first-order chi connectivity index (χ1) is 10.1. The highest BCUT2D eigenvalue weighted by Crippen LogP contribution is 2.17. The van der Waals surface area contributed by atoms with Gasteiger partial charge in [-0.2, -0.15) is 0 Å². The largest absolute Gasteiger partial charge is 0.491 e. The normalized spacial score (nSPS) is 10.4. The Labute approximate surface area is 124 Å². The monoisotopic (exact) mass is 294 g/mol. The van der Waals surface area contributed by atoms with Crippen LogP contribution in [0.1, 0.15) is 23.7 Å². The summed E-state index contributed by atoms with van der Waals surface area (Å²) in [7, 11) is 1.60. The number of nitrogens with zero attached hydrogens (tertiary/aromatic N) is 1. The Morgan fingerprint density at radius 3 is 2.62 bits per heavy atom. The van der Waals surface area contributed by atoms with Gasteiger partial charge in [-0.25, -0.2) is 4.79 Å². The lowest BCUT2D eigenvalue weighted by atomic mass is 10.2. The van der Waals surface area contributed by atoms with Gasteiger partial charge in [-0.05, 0) is 25.1 Å². The molecule has 0 radical (unpaired) electrons. The van der Waals surface area contributed by atoms with E-state index in [-0.39, 0.29) is 11.5 Å². The first kappa shape index (κ1) is 17.0. The quantitative estimate of drug-likeness (QED) is 0.716. The van der Waals surface area contributed by atoms with Crippen LogP contribution in [0.5, 0.6) is 5.75 Å². The number of nitrogens with one attached hydrogen (secondary N) is 1. The number of rotatable bonds is 9. The molecule has 21 heavy (non-hydrogen) atoms. The number of carboxylic acid groups (broad SMARTS) is 1. The maximum atomic E-state index is 11.4. The first-order valence-corrected chi connectivity index (χ1v) is 6.96. The van der Waals surface area contributed by atoms with Gasteiger partial charge >= 0.3 is 5.97 Å². The average molecular weight is 294 g/mol. The first-order valence-electron chi connectivity index (χ1n) is 6.96. The Morgan fingerprint density at radius 2 is 2.00 bits per heavy atom. The number of para-hydroxylation sites is 1. The molecule has 0 aliphatic heterocycles. The van der Waals surface area contributed by atoms with Crippen molar-refractivity contribution in [1.29, 1.82) is 0 Å². The van der Waals surface area contributed by atoms with E-state index >= 15 is 0 Å². The van der Waals surface area contributed by atoms with Crippen molar-refractivity contribution in [3.8, 4) is 5.75 Å². The Bertz CT molecular complexity index is 476. The summed E-state index contributed by atoms with van der Waals surface area (Å²) >= 11 is 0. The van der Waals surface area contributed by atoms with E-state index in [9.17, 15) is 9.59 Å². The minimum Gasteiger partial charge on any atom is -0.491 e. The third kappa shape index (κ3) is 5.83. The molecule has 0 fully saturated rings. The predicted octanol–water partition coefficient (Wildman–Crippen LogP) is 1.22. The Balaban J connectivity index is 2.54. The second-order valence-electron chi connectivity index (χ2n) is 4.60. The molecule has 1 rings (SSSR count). The summed E-state index contributed by atoms with van der Waals surface area (Å²) < 4.78 is 5.54. The molecule has 2 N–H and O–H groups in total. The minimum atomic E-state index is -1.01. The van der Waals surface area contributed by atoms with E-state index in [1.165, 1.54) is 6.07 Å². The van der Waals surface area contributed by atoms with Gasteiger partial charge in [-0.15, -0.1) is 0 Å². The second-order valence-corrected chi connectivity index (χ2v) is 4.60. The average Bonchev–Trinajstić information content (AvgIpc) is 2.47. The zero-order valence-corrected chi connectivity index (χ0v) is 12.5. The van der Waals surface area contributed by atoms with Crippen molar-refractivity contribution in [2.24, 2.45) is 0 Å². The van der Waals surface area contributed by atoms with Crippen LogP contribution in [0.2, 0.25) is 0 Å². The molecule has 1 aromatic carbocycles. The molecule has 0 unspecified atom stereocenters. The zero-order valence-electron chi connectivity index (χ0n) is 12.5. The van der Waals surface area contributed by atoms with Crippen LogP contribution in [0.25, 0.3) is 0 Å². The lowest BCUT2D eigenvalue weighted by molar-refractivity contribution is -0.121. The molecular weight excluding hydrogens is 272 g/mol. The molecule has 0 atom stereocenters. The molecule has 0 aliphatic carbocycles. The molecule has 0 aliphatic rings. The fourth-order valence-electron chi connectivity index (χ4n) is 1.92. The summed E-state index contributed by atoms with van der Waals surface area (Å²) in [5, 5.41) is 11.7. The van der Waals surface area contributed by atoms with E-state index in [4.69, 9.17) is 9.84 Å². The van der Waals surface area contributed by atoms with Gasteiger partial charge in [0.1, 0.15) is 17.9 Å². The summed E-state index contributed by atoms with van der Waals surface area (Å²) in [4.78, 5) is 24.4. The molecule has 116 valence electrons. The van der Waals surface area contributed by atoms with Crippen LogP contribution < -0.4 is 10.1 Å². The number of hydrogen-bond donors (Lipinski definition) is 2. The maximum Gasteiger partial charge on any atom is 0.339 e. The minimum absolute atomic E-state index is 0.0469. The highest BCUT2D eigenvalue weighted by molar-refractivity contribution is 5.90. The van der Waals surface area contributed by atoms with E-state index in [0.717, 1.165) is 13.0 Å².